The Bertz CT molecular complexity index is 714. The van der Waals surface area contributed by atoms with Crippen molar-refractivity contribution in [1.82, 2.24) is 14.9 Å². The van der Waals surface area contributed by atoms with Crippen LogP contribution in [0.2, 0.25) is 0 Å². The second-order valence-corrected chi connectivity index (χ2v) is 5.56. The van der Waals surface area contributed by atoms with Gasteiger partial charge in [0, 0.05) is 19.8 Å². The number of benzene rings is 1. The molecule has 1 aliphatic rings. The molecule has 5 nitrogen and oxygen atoms in total. The molecular weight excluding hydrogens is 266 g/mol. The minimum Gasteiger partial charge on any atom is -0.351 e. The monoisotopic (exact) mass is 285 g/mol. The fourth-order valence-electron chi connectivity index (χ4n) is 3.00. The van der Waals surface area contributed by atoms with Crippen LogP contribution >= 0.6 is 0 Å². The zero-order valence-corrected chi connectivity index (χ0v) is 12.1. The highest BCUT2D eigenvalue weighted by Gasteiger charge is 2.21. The molecule has 21 heavy (non-hydrogen) atoms. The van der Waals surface area contributed by atoms with Gasteiger partial charge in [-0.15, -0.1) is 0 Å². The largest absolute Gasteiger partial charge is 0.351 e. The summed E-state index contributed by atoms with van der Waals surface area (Å²) in [4.78, 5) is 25.8. The standard InChI is InChI=1S/C16H19N3O2/c1-19-10-14(18-16(19)21)15(20)17-9-8-12-7-6-11-4-2-3-5-13(11)12/h2-5,10,12H,6-9H2,1H3,(H,17,20)(H,18,21). The highest BCUT2D eigenvalue weighted by atomic mass is 16.2. The second kappa shape index (κ2) is 5.60. The molecule has 0 saturated heterocycles. The van der Waals surface area contributed by atoms with E-state index < -0.39 is 0 Å². The third-order valence-electron chi connectivity index (χ3n) is 4.16. The van der Waals surface area contributed by atoms with Gasteiger partial charge in [-0.2, -0.15) is 0 Å². The van der Waals surface area contributed by atoms with Gasteiger partial charge in [0.15, 0.2) is 0 Å². The Morgan fingerprint density at radius 1 is 1.43 bits per heavy atom. The fraction of sp³-hybridized carbons (Fsp3) is 0.375. The van der Waals surface area contributed by atoms with Crippen molar-refractivity contribution in [3.8, 4) is 0 Å². The molecule has 0 spiro atoms. The summed E-state index contributed by atoms with van der Waals surface area (Å²) in [5.74, 6) is 0.301. The van der Waals surface area contributed by atoms with Gasteiger partial charge in [-0.1, -0.05) is 24.3 Å². The van der Waals surface area contributed by atoms with Crippen molar-refractivity contribution < 1.29 is 4.79 Å². The summed E-state index contributed by atoms with van der Waals surface area (Å²) < 4.78 is 1.36. The lowest BCUT2D eigenvalue weighted by Gasteiger charge is -2.11. The lowest BCUT2D eigenvalue weighted by atomic mass is 9.98. The first-order valence-electron chi connectivity index (χ1n) is 7.27. The number of imidazole rings is 1. The first-order valence-corrected chi connectivity index (χ1v) is 7.27. The summed E-state index contributed by atoms with van der Waals surface area (Å²) in [6.07, 6.45) is 4.72. The van der Waals surface area contributed by atoms with E-state index in [2.05, 4.69) is 34.6 Å². The molecule has 2 aromatic rings. The van der Waals surface area contributed by atoms with Crippen molar-refractivity contribution in [2.75, 3.05) is 6.54 Å². The second-order valence-electron chi connectivity index (χ2n) is 5.56. The average Bonchev–Trinajstić information content (AvgIpc) is 3.04. The third kappa shape index (κ3) is 2.77. The van der Waals surface area contributed by atoms with Crippen molar-refractivity contribution in [1.29, 1.82) is 0 Å². The lowest BCUT2D eigenvalue weighted by Crippen LogP contribution is -2.26. The number of carbonyl (C=O) groups is 1. The zero-order valence-electron chi connectivity index (χ0n) is 12.1. The van der Waals surface area contributed by atoms with E-state index in [0.29, 0.717) is 18.2 Å². The third-order valence-corrected chi connectivity index (χ3v) is 4.16. The van der Waals surface area contributed by atoms with Crippen LogP contribution in [0.15, 0.2) is 35.3 Å². The summed E-state index contributed by atoms with van der Waals surface area (Å²) >= 11 is 0. The minimum atomic E-state index is -0.273. The highest BCUT2D eigenvalue weighted by molar-refractivity contribution is 5.91. The number of rotatable bonds is 4. The van der Waals surface area contributed by atoms with E-state index in [1.807, 2.05) is 0 Å². The highest BCUT2D eigenvalue weighted by Crippen LogP contribution is 2.34. The van der Waals surface area contributed by atoms with Crippen LogP contribution in [0.3, 0.4) is 0 Å². The van der Waals surface area contributed by atoms with Gasteiger partial charge in [0.2, 0.25) is 0 Å². The maximum Gasteiger partial charge on any atom is 0.325 e. The number of fused-ring (bicyclic) bond motifs is 1. The number of amides is 1. The van der Waals surface area contributed by atoms with Gasteiger partial charge in [-0.05, 0) is 36.3 Å². The maximum absolute atomic E-state index is 11.9. The number of aryl methyl sites for hydroxylation is 2. The first kappa shape index (κ1) is 13.7. The number of nitrogens with zero attached hydrogens (tertiary/aromatic N) is 1. The van der Waals surface area contributed by atoms with Crippen molar-refractivity contribution >= 4 is 5.91 Å². The van der Waals surface area contributed by atoms with E-state index in [4.69, 9.17) is 0 Å². The molecule has 0 fully saturated rings. The lowest BCUT2D eigenvalue weighted by molar-refractivity contribution is 0.0947. The molecule has 1 atom stereocenters. The minimum absolute atomic E-state index is 0.223. The molecule has 0 radical (unpaired) electrons. The Hall–Kier alpha value is -2.30. The summed E-state index contributed by atoms with van der Waals surface area (Å²) in [5.41, 5.74) is 2.89. The van der Waals surface area contributed by atoms with Crippen LogP contribution in [0.5, 0.6) is 0 Å². The summed E-state index contributed by atoms with van der Waals surface area (Å²) in [7, 11) is 1.62. The molecule has 0 bridgehead atoms. The Labute approximate surface area is 123 Å². The van der Waals surface area contributed by atoms with E-state index in [0.717, 1.165) is 19.3 Å². The van der Waals surface area contributed by atoms with E-state index in [-0.39, 0.29) is 11.6 Å². The van der Waals surface area contributed by atoms with Gasteiger partial charge in [-0.3, -0.25) is 4.79 Å². The Kier molecular flexibility index (Phi) is 3.64. The first-order chi connectivity index (χ1) is 10.1. The van der Waals surface area contributed by atoms with E-state index >= 15 is 0 Å². The van der Waals surface area contributed by atoms with Crippen LogP contribution in [0.4, 0.5) is 0 Å². The molecule has 5 heteroatoms. The van der Waals surface area contributed by atoms with Crippen LogP contribution in [0, 0.1) is 0 Å². The van der Waals surface area contributed by atoms with Gasteiger partial charge >= 0.3 is 5.69 Å². The van der Waals surface area contributed by atoms with Crippen LogP contribution < -0.4 is 11.0 Å². The van der Waals surface area contributed by atoms with Crippen molar-refractivity contribution in [3.05, 3.63) is 57.8 Å². The molecule has 2 N–H and O–H groups in total. The topological polar surface area (TPSA) is 66.9 Å². The predicted molar refractivity (Wildman–Crippen MR) is 80.5 cm³/mol. The number of nitrogens with one attached hydrogen (secondary N) is 2. The Morgan fingerprint density at radius 2 is 2.24 bits per heavy atom. The molecule has 1 aromatic carbocycles. The number of H-pyrrole nitrogens is 1. The molecule has 1 aliphatic carbocycles. The van der Waals surface area contributed by atoms with E-state index in [1.54, 1.807) is 7.05 Å². The molecule has 3 rings (SSSR count). The van der Waals surface area contributed by atoms with Crippen molar-refractivity contribution in [2.24, 2.45) is 7.05 Å². The molecular formula is C16H19N3O2. The summed E-state index contributed by atoms with van der Waals surface area (Å²) in [5, 5.41) is 2.87. The SMILES string of the molecule is Cn1cc(C(=O)NCCC2CCc3ccccc32)[nH]c1=O. The molecule has 0 saturated carbocycles. The number of aromatic amines is 1. The van der Waals surface area contributed by atoms with Gasteiger partial charge in [0.25, 0.3) is 5.91 Å². The summed E-state index contributed by atoms with van der Waals surface area (Å²) in [6, 6.07) is 8.52. The van der Waals surface area contributed by atoms with Crippen LogP contribution in [0.25, 0.3) is 0 Å². The fourth-order valence-corrected chi connectivity index (χ4v) is 3.00. The number of aromatic nitrogens is 2. The predicted octanol–water partition coefficient (Wildman–Crippen LogP) is 1.56. The van der Waals surface area contributed by atoms with Gasteiger partial charge < -0.3 is 14.9 Å². The van der Waals surface area contributed by atoms with Crippen LogP contribution in [-0.2, 0) is 13.5 Å². The molecule has 0 aliphatic heterocycles. The van der Waals surface area contributed by atoms with Gasteiger partial charge in [0.05, 0.1) is 0 Å². The Morgan fingerprint density at radius 3 is 3.00 bits per heavy atom. The van der Waals surface area contributed by atoms with E-state index in [1.165, 1.54) is 21.9 Å². The van der Waals surface area contributed by atoms with Gasteiger partial charge in [0.1, 0.15) is 5.69 Å². The van der Waals surface area contributed by atoms with Crippen molar-refractivity contribution in [2.45, 2.75) is 25.2 Å². The summed E-state index contributed by atoms with van der Waals surface area (Å²) in [6.45, 7) is 0.620. The molecule has 1 aromatic heterocycles. The number of hydrogen-bond acceptors (Lipinski definition) is 2. The normalized spacial score (nSPS) is 16.7. The van der Waals surface area contributed by atoms with Gasteiger partial charge in [-0.25, -0.2) is 4.79 Å². The molecule has 1 heterocycles. The number of carbonyl (C=O) groups excluding carboxylic acids is 1. The Balaban J connectivity index is 1.55. The number of hydrogen-bond donors (Lipinski definition) is 2. The van der Waals surface area contributed by atoms with Crippen LogP contribution in [0.1, 0.15) is 40.4 Å². The quantitative estimate of drug-likeness (QED) is 0.895. The molecule has 1 amide bonds. The maximum atomic E-state index is 11.9. The molecule has 1 unspecified atom stereocenters. The van der Waals surface area contributed by atoms with E-state index in [9.17, 15) is 9.59 Å². The molecule has 110 valence electrons. The smallest absolute Gasteiger partial charge is 0.325 e. The zero-order chi connectivity index (χ0) is 14.8. The average molecular weight is 285 g/mol. The van der Waals surface area contributed by atoms with Crippen LogP contribution in [-0.4, -0.2) is 22.0 Å². The van der Waals surface area contributed by atoms with Crippen molar-refractivity contribution in [3.63, 3.8) is 0 Å².